The molecule has 0 fully saturated rings. The highest BCUT2D eigenvalue weighted by Crippen LogP contribution is 2.22. The minimum Gasteiger partial charge on any atom is -0.395 e. The van der Waals surface area contributed by atoms with Gasteiger partial charge in [0.15, 0.2) is 5.69 Å². The van der Waals surface area contributed by atoms with Crippen LogP contribution in [0.2, 0.25) is 0 Å². The van der Waals surface area contributed by atoms with Gasteiger partial charge in [-0.1, -0.05) is 13.8 Å². The summed E-state index contributed by atoms with van der Waals surface area (Å²) in [6.45, 7) is 3.96. The highest BCUT2D eigenvalue weighted by molar-refractivity contribution is 6.06. The number of hydrogen-bond acceptors (Lipinski definition) is 4. The van der Waals surface area contributed by atoms with Gasteiger partial charge in [0.25, 0.3) is 5.91 Å². The number of amides is 1. The molecule has 2 aromatic rings. The van der Waals surface area contributed by atoms with Crippen molar-refractivity contribution in [1.29, 1.82) is 0 Å². The molecule has 2 heterocycles. The molecule has 0 aromatic carbocycles. The maximum atomic E-state index is 12.0. The summed E-state index contributed by atoms with van der Waals surface area (Å²) >= 11 is 0. The number of aromatic amines is 1. The van der Waals surface area contributed by atoms with Crippen LogP contribution < -0.4 is 11.1 Å². The van der Waals surface area contributed by atoms with Gasteiger partial charge in [-0.15, -0.1) is 0 Å². The van der Waals surface area contributed by atoms with E-state index in [1.807, 2.05) is 13.8 Å². The molecule has 7 heteroatoms. The second kappa shape index (κ2) is 4.52. The number of nitrogen functional groups attached to an aromatic ring is 1. The Balaban J connectivity index is 2.22. The Labute approximate surface area is 104 Å². The number of nitrogens with zero attached hydrogens (tertiary/aromatic N) is 3. The third-order valence-corrected chi connectivity index (χ3v) is 2.69. The van der Waals surface area contributed by atoms with Gasteiger partial charge < -0.3 is 11.1 Å². The molecule has 0 saturated heterocycles. The van der Waals surface area contributed by atoms with E-state index in [4.69, 9.17) is 5.73 Å². The van der Waals surface area contributed by atoms with E-state index < -0.39 is 0 Å². The van der Waals surface area contributed by atoms with E-state index in [0.717, 1.165) is 5.69 Å². The third kappa shape index (κ3) is 2.06. The van der Waals surface area contributed by atoms with Crippen LogP contribution in [0.5, 0.6) is 0 Å². The lowest BCUT2D eigenvalue weighted by Crippen LogP contribution is -2.16. The molecule has 2 rings (SSSR count). The number of nitrogens with two attached hydrogens (primary N) is 1. The summed E-state index contributed by atoms with van der Waals surface area (Å²) in [5.74, 6) is 0.434. The van der Waals surface area contributed by atoms with Crippen LogP contribution in [0.25, 0.3) is 0 Å². The van der Waals surface area contributed by atoms with E-state index in [0.29, 0.717) is 11.5 Å². The lowest BCUT2D eigenvalue weighted by Gasteiger charge is -2.05. The molecule has 0 aliphatic carbocycles. The van der Waals surface area contributed by atoms with Gasteiger partial charge in [-0.05, 0) is 5.92 Å². The molecule has 2 aromatic heterocycles. The molecular weight excluding hydrogens is 232 g/mol. The van der Waals surface area contributed by atoms with Crippen LogP contribution in [0.15, 0.2) is 12.3 Å². The maximum Gasteiger partial charge on any atom is 0.279 e. The van der Waals surface area contributed by atoms with Crippen LogP contribution in [-0.2, 0) is 7.05 Å². The van der Waals surface area contributed by atoms with Crippen molar-refractivity contribution in [2.75, 3.05) is 11.1 Å². The fourth-order valence-corrected chi connectivity index (χ4v) is 1.65. The topological polar surface area (TPSA) is 102 Å². The molecule has 1 amide bonds. The number of aromatic nitrogens is 4. The van der Waals surface area contributed by atoms with Gasteiger partial charge in [0, 0.05) is 13.1 Å². The van der Waals surface area contributed by atoms with Crippen molar-refractivity contribution in [3.63, 3.8) is 0 Å². The first-order valence-corrected chi connectivity index (χ1v) is 5.63. The van der Waals surface area contributed by atoms with Crippen LogP contribution in [0.3, 0.4) is 0 Å². The quantitative estimate of drug-likeness (QED) is 0.757. The second-order valence-corrected chi connectivity index (χ2v) is 4.35. The largest absolute Gasteiger partial charge is 0.395 e. The van der Waals surface area contributed by atoms with Gasteiger partial charge in [-0.25, -0.2) is 0 Å². The van der Waals surface area contributed by atoms with Crippen molar-refractivity contribution in [3.05, 3.63) is 23.7 Å². The summed E-state index contributed by atoms with van der Waals surface area (Å²) in [5.41, 5.74) is 7.27. The van der Waals surface area contributed by atoms with Crippen molar-refractivity contribution >= 4 is 17.4 Å². The van der Waals surface area contributed by atoms with Gasteiger partial charge in [-0.2, -0.15) is 10.2 Å². The molecule has 0 atom stereocenters. The maximum absolute atomic E-state index is 12.0. The first kappa shape index (κ1) is 12.2. The number of aryl methyl sites for hydroxylation is 1. The van der Waals surface area contributed by atoms with Crippen molar-refractivity contribution in [3.8, 4) is 0 Å². The average molecular weight is 248 g/mol. The van der Waals surface area contributed by atoms with E-state index >= 15 is 0 Å². The first-order valence-electron chi connectivity index (χ1n) is 5.63. The van der Waals surface area contributed by atoms with Crippen LogP contribution in [0.4, 0.5) is 11.5 Å². The summed E-state index contributed by atoms with van der Waals surface area (Å²) in [6, 6.07) is 1.70. The highest BCUT2D eigenvalue weighted by atomic mass is 16.2. The zero-order chi connectivity index (χ0) is 13.3. The molecule has 0 aliphatic rings. The van der Waals surface area contributed by atoms with Gasteiger partial charge in [0.1, 0.15) is 5.82 Å². The number of rotatable bonds is 3. The molecule has 7 nitrogen and oxygen atoms in total. The fourth-order valence-electron chi connectivity index (χ4n) is 1.65. The summed E-state index contributed by atoms with van der Waals surface area (Å²) in [6.07, 6.45) is 1.60. The fraction of sp³-hybridized carbons (Fsp3) is 0.364. The van der Waals surface area contributed by atoms with E-state index in [1.54, 1.807) is 24.0 Å². The van der Waals surface area contributed by atoms with Crippen molar-refractivity contribution < 1.29 is 4.79 Å². The third-order valence-electron chi connectivity index (χ3n) is 2.69. The predicted molar refractivity (Wildman–Crippen MR) is 68.3 cm³/mol. The molecule has 96 valence electrons. The van der Waals surface area contributed by atoms with E-state index in [-0.39, 0.29) is 17.5 Å². The first-order chi connectivity index (χ1) is 8.50. The molecule has 0 radical (unpaired) electrons. The molecule has 0 spiro atoms. The molecule has 18 heavy (non-hydrogen) atoms. The van der Waals surface area contributed by atoms with Crippen molar-refractivity contribution in [2.45, 2.75) is 19.8 Å². The van der Waals surface area contributed by atoms with E-state index in [9.17, 15) is 4.79 Å². The molecule has 0 unspecified atom stereocenters. The molecule has 0 aliphatic heterocycles. The minimum absolute atomic E-state index is 0.191. The second-order valence-electron chi connectivity index (χ2n) is 4.35. The normalized spacial score (nSPS) is 10.9. The van der Waals surface area contributed by atoms with Crippen LogP contribution in [0, 0.1) is 0 Å². The van der Waals surface area contributed by atoms with Gasteiger partial charge in [0.05, 0.1) is 17.6 Å². The van der Waals surface area contributed by atoms with E-state index in [2.05, 4.69) is 20.6 Å². The Morgan fingerprint density at radius 3 is 2.78 bits per heavy atom. The Morgan fingerprint density at radius 2 is 2.28 bits per heavy atom. The average Bonchev–Trinajstić information content (AvgIpc) is 2.86. The number of nitrogens with one attached hydrogen (secondary N) is 2. The highest BCUT2D eigenvalue weighted by Gasteiger charge is 2.19. The molecule has 4 N–H and O–H groups in total. The summed E-state index contributed by atoms with van der Waals surface area (Å²) in [4.78, 5) is 12.0. The predicted octanol–water partition coefficient (Wildman–Crippen LogP) is 1.10. The molecule has 0 bridgehead atoms. The van der Waals surface area contributed by atoms with Gasteiger partial charge in [-0.3, -0.25) is 14.6 Å². The lowest BCUT2D eigenvalue weighted by molar-refractivity contribution is 0.102. The number of anilines is 2. The standard InChI is InChI=1S/C11H16N6O/c1-6(2)9-8(12)10(16-15-9)11(18)14-7-4-5-13-17(7)3/h4-6H,12H2,1-3H3,(H,14,18)(H,15,16). The Kier molecular flexibility index (Phi) is 3.05. The zero-order valence-corrected chi connectivity index (χ0v) is 10.6. The number of carbonyl (C=O) groups is 1. The Hall–Kier alpha value is -2.31. The summed E-state index contributed by atoms with van der Waals surface area (Å²) in [7, 11) is 1.74. The number of carbonyl (C=O) groups excluding carboxylic acids is 1. The van der Waals surface area contributed by atoms with Crippen molar-refractivity contribution in [2.24, 2.45) is 7.05 Å². The Bertz CT molecular complexity index is 568. The zero-order valence-electron chi connectivity index (χ0n) is 10.6. The Morgan fingerprint density at radius 1 is 1.56 bits per heavy atom. The van der Waals surface area contributed by atoms with Crippen molar-refractivity contribution in [1.82, 2.24) is 20.0 Å². The SMILES string of the molecule is CC(C)c1[nH]nc(C(=O)Nc2ccnn2C)c1N. The van der Waals surface area contributed by atoms with Gasteiger partial charge >= 0.3 is 0 Å². The lowest BCUT2D eigenvalue weighted by atomic mass is 10.1. The smallest absolute Gasteiger partial charge is 0.279 e. The van der Waals surface area contributed by atoms with Crippen LogP contribution in [-0.4, -0.2) is 25.9 Å². The van der Waals surface area contributed by atoms with Crippen LogP contribution in [0.1, 0.15) is 35.9 Å². The van der Waals surface area contributed by atoms with Crippen LogP contribution >= 0.6 is 0 Å². The number of hydrogen-bond donors (Lipinski definition) is 3. The molecule has 0 saturated carbocycles. The summed E-state index contributed by atoms with van der Waals surface area (Å²) < 4.78 is 1.56. The van der Waals surface area contributed by atoms with E-state index in [1.165, 1.54) is 0 Å². The monoisotopic (exact) mass is 248 g/mol. The molecular formula is C11H16N6O. The minimum atomic E-state index is -0.348. The summed E-state index contributed by atoms with van der Waals surface area (Å²) in [5, 5.41) is 13.4. The van der Waals surface area contributed by atoms with Gasteiger partial charge in [0.2, 0.25) is 0 Å². The number of H-pyrrole nitrogens is 1.